The monoisotopic (exact) mass is 162 g/mol. The molecule has 0 aliphatic heterocycles. The largest absolute Gasteiger partial charge is 0.481 e. The third-order valence-electron chi connectivity index (χ3n) is 0.994. The summed E-state index contributed by atoms with van der Waals surface area (Å²) < 4.78 is 0. The highest BCUT2D eigenvalue weighted by Gasteiger charge is 2.09. The molecule has 1 N–H and O–H groups in total. The molecule has 0 saturated heterocycles. The SMILES string of the molecule is CC(C)(C)PCCC(=O)O. The van der Waals surface area contributed by atoms with Crippen LogP contribution >= 0.6 is 8.58 Å². The lowest BCUT2D eigenvalue weighted by Crippen LogP contribution is -2.07. The lowest BCUT2D eigenvalue weighted by molar-refractivity contribution is -0.136. The Morgan fingerprint density at radius 1 is 1.50 bits per heavy atom. The smallest absolute Gasteiger partial charge is 0.303 e. The van der Waals surface area contributed by atoms with Crippen molar-refractivity contribution >= 4 is 14.6 Å². The van der Waals surface area contributed by atoms with E-state index < -0.39 is 5.97 Å². The Bertz CT molecular complexity index is 115. The molecular weight excluding hydrogens is 147 g/mol. The molecule has 0 fully saturated rings. The van der Waals surface area contributed by atoms with Crippen molar-refractivity contribution in [2.75, 3.05) is 6.16 Å². The second kappa shape index (κ2) is 3.92. The van der Waals surface area contributed by atoms with Crippen LogP contribution in [0.15, 0.2) is 0 Å². The van der Waals surface area contributed by atoms with E-state index in [1.807, 2.05) is 0 Å². The molecule has 0 spiro atoms. The van der Waals surface area contributed by atoms with Crippen LogP contribution in [-0.4, -0.2) is 22.4 Å². The van der Waals surface area contributed by atoms with Crippen molar-refractivity contribution in [3.63, 3.8) is 0 Å². The van der Waals surface area contributed by atoms with Crippen LogP contribution in [0, 0.1) is 0 Å². The standard InChI is InChI=1S/C7H15O2P/c1-7(2,3)10-5-4-6(8)9/h10H,4-5H2,1-3H3,(H,8,9). The highest BCUT2D eigenvalue weighted by atomic mass is 31.1. The Hall–Kier alpha value is -0.100. The molecule has 0 rings (SSSR count). The van der Waals surface area contributed by atoms with E-state index in [1.54, 1.807) is 0 Å². The molecule has 1 unspecified atom stereocenters. The number of hydrogen-bond donors (Lipinski definition) is 1. The summed E-state index contributed by atoms with van der Waals surface area (Å²) in [6, 6.07) is 0. The van der Waals surface area contributed by atoms with Crippen LogP contribution in [0.2, 0.25) is 0 Å². The Morgan fingerprint density at radius 3 is 2.30 bits per heavy atom. The molecule has 0 bridgehead atoms. The van der Waals surface area contributed by atoms with Crippen LogP contribution < -0.4 is 0 Å². The normalized spacial score (nSPS) is 12.7. The molecule has 60 valence electrons. The fourth-order valence-electron chi connectivity index (χ4n) is 0.544. The van der Waals surface area contributed by atoms with E-state index in [0.29, 0.717) is 11.6 Å². The van der Waals surface area contributed by atoms with E-state index in [4.69, 9.17) is 5.11 Å². The zero-order chi connectivity index (χ0) is 8.20. The van der Waals surface area contributed by atoms with Crippen LogP contribution in [0.5, 0.6) is 0 Å². The van der Waals surface area contributed by atoms with Crippen molar-refractivity contribution in [2.45, 2.75) is 32.3 Å². The van der Waals surface area contributed by atoms with Crippen molar-refractivity contribution in [1.82, 2.24) is 0 Å². The minimum Gasteiger partial charge on any atom is -0.481 e. The van der Waals surface area contributed by atoms with Gasteiger partial charge in [-0.1, -0.05) is 20.8 Å². The van der Waals surface area contributed by atoms with Gasteiger partial charge in [0.25, 0.3) is 0 Å². The molecule has 0 heterocycles. The number of rotatable bonds is 3. The van der Waals surface area contributed by atoms with Crippen LogP contribution in [0.4, 0.5) is 0 Å². The fourth-order valence-corrected chi connectivity index (χ4v) is 1.63. The molecule has 3 heteroatoms. The number of carboxylic acid groups (broad SMARTS) is 1. The summed E-state index contributed by atoms with van der Waals surface area (Å²) in [6.07, 6.45) is 1.13. The molecule has 10 heavy (non-hydrogen) atoms. The first-order chi connectivity index (χ1) is 4.42. The summed E-state index contributed by atoms with van der Waals surface area (Å²) in [5.41, 5.74) is 0. The maximum absolute atomic E-state index is 10.1. The van der Waals surface area contributed by atoms with Gasteiger partial charge in [0.05, 0.1) is 0 Å². The maximum atomic E-state index is 10.1. The number of hydrogen-bond acceptors (Lipinski definition) is 1. The summed E-state index contributed by atoms with van der Waals surface area (Å²) in [4.78, 5) is 10.1. The fraction of sp³-hybridized carbons (Fsp3) is 0.857. The average molecular weight is 162 g/mol. The van der Waals surface area contributed by atoms with Gasteiger partial charge in [-0.2, -0.15) is 0 Å². The molecule has 0 aromatic heterocycles. The van der Waals surface area contributed by atoms with Gasteiger partial charge in [0.1, 0.15) is 0 Å². The van der Waals surface area contributed by atoms with Gasteiger partial charge in [-0.25, -0.2) is 0 Å². The van der Waals surface area contributed by atoms with Crippen molar-refractivity contribution in [1.29, 1.82) is 0 Å². The van der Waals surface area contributed by atoms with Crippen molar-refractivity contribution in [3.05, 3.63) is 0 Å². The number of carbonyl (C=O) groups is 1. The van der Waals surface area contributed by atoms with Gasteiger partial charge >= 0.3 is 5.97 Å². The highest BCUT2D eigenvalue weighted by Crippen LogP contribution is 2.30. The molecule has 1 atom stereocenters. The van der Waals surface area contributed by atoms with E-state index in [0.717, 1.165) is 14.7 Å². The lowest BCUT2D eigenvalue weighted by atomic mass is 10.3. The van der Waals surface area contributed by atoms with Crippen LogP contribution in [0.25, 0.3) is 0 Å². The summed E-state index contributed by atoms with van der Waals surface area (Å²) in [7, 11) is 0.754. The van der Waals surface area contributed by atoms with Gasteiger partial charge in [-0.15, -0.1) is 8.58 Å². The second-order valence-corrected chi connectivity index (χ2v) is 5.67. The summed E-state index contributed by atoms with van der Waals surface area (Å²) in [5.74, 6) is -0.684. The van der Waals surface area contributed by atoms with Crippen LogP contribution in [0.1, 0.15) is 27.2 Å². The zero-order valence-corrected chi connectivity index (χ0v) is 7.77. The van der Waals surface area contributed by atoms with E-state index in [1.165, 1.54) is 0 Å². The van der Waals surface area contributed by atoms with Crippen LogP contribution in [0.3, 0.4) is 0 Å². The van der Waals surface area contributed by atoms with Crippen molar-refractivity contribution < 1.29 is 9.90 Å². The van der Waals surface area contributed by atoms with Gasteiger partial charge in [0.15, 0.2) is 0 Å². The maximum Gasteiger partial charge on any atom is 0.303 e. The molecule has 0 aliphatic rings. The lowest BCUT2D eigenvalue weighted by Gasteiger charge is -2.16. The molecule has 0 amide bonds. The van der Waals surface area contributed by atoms with E-state index in [-0.39, 0.29) is 0 Å². The first-order valence-corrected chi connectivity index (χ1v) is 4.59. The van der Waals surface area contributed by atoms with Gasteiger partial charge in [-0.3, -0.25) is 4.79 Å². The minimum absolute atomic E-state index is 0.301. The molecule has 2 nitrogen and oxygen atoms in total. The molecule has 0 aliphatic carbocycles. The minimum atomic E-state index is -0.684. The predicted octanol–water partition coefficient (Wildman–Crippen LogP) is 1.94. The molecule has 0 aromatic carbocycles. The molecule has 0 saturated carbocycles. The first-order valence-electron chi connectivity index (χ1n) is 3.38. The van der Waals surface area contributed by atoms with E-state index in [2.05, 4.69) is 20.8 Å². The summed E-state index contributed by atoms with van der Waals surface area (Å²) in [5, 5.41) is 8.62. The van der Waals surface area contributed by atoms with Gasteiger partial charge in [0, 0.05) is 6.42 Å². The van der Waals surface area contributed by atoms with Crippen molar-refractivity contribution in [2.24, 2.45) is 0 Å². The highest BCUT2D eigenvalue weighted by molar-refractivity contribution is 7.39. The Morgan fingerprint density at radius 2 is 2.00 bits per heavy atom. The van der Waals surface area contributed by atoms with Crippen LogP contribution in [-0.2, 0) is 4.79 Å². The Balaban J connectivity index is 3.29. The third kappa shape index (κ3) is 7.90. The predicted molar refractivity (Wildman–Crippen MR) is 45.2 cm³/mol. The quantitative estimate of drug-likeness (QED) is 0.644. The van der Waals surface area contributed by atoms with E-state index in [9.17, 15) is 4.79 Å². The summed E-state index contributed by atoms with van der Waals surface area (Å²) >= 11 is 0. The second-order valence-electron chi connectivity index (χ2n) is 3.32. The number of aliphatic carboxylic acids is 1. The topological polar surface area (TPSA) is 37.3 Å². The average Bonchev–Trinajstić information content (AvgIpc) is 1.59. The van der Waals surface area contributed by atoms with Gasteiger partial charge < -0.3 is 5.11 Å². The van der Waals surface area contributed by atoms with Gasteiger partial charge in [-0.05, 0) is 11.3 Å². The van der Waals surface area contributed by atoms with Gasteiger partial charge in [0.2, 0.25) is 0 Å². The first kappa shape index (κ1) is 9.90. The van der Waals surface area contributed by atoms with E-state index >= 15 is 0 Å². The Labute approximate surface area is 63.8 Å². The summed E-state index contributed by atoms with van der Waals surface area (Å²) in [6.45, 7) is 6.40. The molecular formula is C7H15O2P. The molecule has 0 radical (unpaired) electrons. The number of carboxylic acids is 1. The third-order valence-corrected chi connectivity index (χ3v) is 2.55. The van der Waals surface area contributed by atoms with Crippen molar-refractivity contribution in [3.8, 4) is 0 Å². The molecule has 0 aromatic rings. The zero-order valence-electron chi connectivity index (χ0n) is 6.77. The Kier molecular flexibility index (Phi) is 3.88.